The highest BCUT2D eigenvalue weighted by atomic mass is 32.1. The van der Waals surface area contributed by atoms with E-state index in [0.29, 0.717) is 23.2 Å². The molecule has 2 amide bonds. The molecule has 0 spiro atoms. The Hall–Kier alpha value is -2.48. The van der Waals surface area contributed by atoms with Crippen LogP contribution in [0.4, 0.5) is 10.8 Å². The molecule has 0 bridgehead atoms. The van der Waals surface area contributed by atoms with Gasteiger partial charge in [-0.2, -0.15) is 0 Å². The zero-order valence-electron chi connectivity index (χ0n) is 15.6. The van der Waals surface area contributed by atoms with E-state index in [4.69, 9.17) is 4.74 Å². The second kappa shape index (κ2) is 8.94. The topological polar surface area (TPSA) is 84.4 Å². The molecule has 0 atom stereocenters. The molecule has 1 aromatic carbocycles. The third-order valence-corrected chi connectivity index (χ3v) is 5.61. The molecule has 7 nitrogen and oxygen atoms in total. The Morgan fingerprint density at radius 1 is 1.26 bits per heavy atom. The van der Waals surface area contributed by atoms with Crippen molar-refractivity contribution in [3.05, 3.63) is 29.3 Å². The van der Waals surface area contributed by atoms with Crippen molar-refractivity contribution in [1.82, 2.24) is 10.2 Å². The smallest absolute Gasteiger partial charge is 0.264 e. The van der Waals surface area contributed by atoms with Crippen LogP contribution in [0.25, 0.3) is 0 Å². The average molecular weight is 388 g/mol. The Labute approximate surface area is 162 Å². The van der Waals surface area contributed by atoms with Crippen molar-refractivity contribution in [1.29, 1.82) is 0 Å². The summed E-state index contributed by atoms with van der Waals surface area (Å²) in [5.41, 5.74) is 0.858. The first-order valence-corrected chi connectivity index (χ1v) is 10.1. The third-order valence-electron chi connectivity index (χ3n) is 4.61. The van der Waals surface area contributed by atoms with Gasteiger partial charge in [0.05, 0.1) is 0 Å². The number of carbonyl (C=O) groups is 2. The van der Waals surface area contributed by atoms with Crippen LogP contribution in [0.3, 0.4) is 0 Å². The first-order valence-electron chi connectivity index (χ1n) is 9.27. The highest BCUT2D eigenvalue weighted by Crippen LogP contribution is 2.28. The first kappa shape index (κ1) is 19.3. The minimum Gasteiger partial charge on any atom is -0.484 e. The summed E-state index contributed by atoms with van der Waals surface area (Å²) >= 11 is 1.41. The number of ether oxygens (including phenoxy) is 1. The van der Waals surface area contributed by atoms with Crippen LogP contribution < -0.4 is 15.0 Å². The van der Waals surface area contributed by atoms with Crippen LogP contribution in [0.5, 0.6) is 5.75 Å². The summed E-state index contributed by atoms with van der Waals surface area (Å²) in [5.74, 6) is 0.829. The van der Waals surface area contributed by atoms with Gasteiger partial charge in [-0.1, -0.05) is 25.2 Å². The fourth-order valence-corrected chi connectivity index (χ4v) is 4.06. The molecule has 1 saturated heterocycles. The van der Waals surface area contributed by atoms with E-state index in [1.165, 1.54) is 11.3 Å². The number of nitrogens with one attached hydrogen (secondary N) is 1. The van der Waals surface area contributed by atoms with Gasteiger partial charge in [0.2, 0.25) is 11.0 Å². The molecular formula is C19H24N4O3S. The molecule has 0 unspecified atom stereocenters. The molecule has 1 aliphatic rings. The van der Waals surface area contributed by atoms with Crippen LogP contribution in [-0.2, 0) is 9.59 Å². The molecule has 3 rings (SSSR count). The Bertz CT molecular complexity index is 787. The first-order chi connectivity index (χ1) is 13.1. The maximum atomic E-state index is 12.1. The van der Waals surface area contributed by atoms with E-state index in [9.17, 15) is 9.59 Å². The van der Waals surface area contributed by atoms with E-state index in [0.717, 1.165) is 36.5 Å². The normalized spacial score (nSPS) is 14.0. The van der Waals surface area contributed by atoms with Gasteiger partial charge in [0.1, 0.15) is 10.8 Å². The van der Waals surface area contributed by atoms with Gasteiger partial charge in [-0.15, -0.1) is 10.2 Å². The number of hydrogen-bond acceptors (Lipinski definition) is 6. The van der Waals surface area contributed by atoms with Crippen molar-refractivity contribution < 1.29 is 14.3 Å². The van der Waals surface area contributed by atoms with Crippen molar-refractivity contribution in [2.75, 3.05) is 23.4 Å². The van der Waals surface area contributed by atoms with Gasteiger partial charge in [-0.25, -0.2) is 0 Å². The van der Waals surface area contributed by atoms with Gasteiger partial charge in [0.15, 0.2) is 6.61 Å². The molecule has 0 aliphatic carbocycles. The fourth-order valence-electron chi connectivity index (χ4n) is 3.04. The molecular weight excluding hydrogens is 364 g/mol. The van der Waals surface area contributed by atoms with E-state index in [1.54, 1.807) is 17.0 Å². The number of carbonyl (C=O) groups excluding carboxylic acids is 2. The minimum atomic E-state index is -0.277. The Kier molecular flexibility index (Phi) is 6.39. The molecule has 1 fully saturated rings. The summed E-state index contributed by atoms with van der Waals surface area (Å²) in [6.07, 6.45) is 3.49. The summed E-state index contributed by atoms with van der Waals surface area (Å²) < 4.78 is 5.52. The number of anilines is 2. The molecule has 1 N–H and O–H groups in total. The highest BCUT2D eigenvalue weighted by molar-refractivity contribution is 7.15. The molecule has 8 heteroatoms. The zero-order chi connectivity index (χ0) is 19.2. The van der Waals surface area contributed by atoms with Gasteiger partial charge in [-0.3, -0.25) is 14.9 Å². The minimum absolute atomic E-state index is 0.109. The van der Waals surface area contributed by atoms with Gasteiger partial charge in [0, 0.05) is 24.6 Å². The Balaban J connectivity index is 1.50. The lowest BCUT2D eigenvalue weighted by molar-refractivity contribution is -0.118. The second-order valence-electron chi connectivity index (χ2n) is 6.44. The number of amides is 2. The molecule has 0 radical (unpaired) electrons. The monoisotopic (exact) mass is 388 g/mol. The van der Waals surface area contributed by atoms with Gasteiger partial charge >= 0.3 is 0 Å². The molecule has 1 aliphatic heterocycles. The SMILES string of the molecule is CCC(CC)c1nnc(NC(=O)COc2ccc(N3CCCC3=O)cc2)s1. The van der Waals surface area contributed by atoms with E-state index >= 15 is 0 Å². The molecule has 1 aromatic heterocycles. The zero-order valence-corrected chi connectivity index (χ0v) is 16.4. The van der Waals surface area contributed by atoms with Crippen LogP contribution >= 0.6 is 11.3 Å². The maximum absolute atomic E-state index is 12.1. The molecule has 2 heterocycles. The summed E-state index contributed by atoms with van der Waals surface area (Å²) in [6, 6.07) is 7.21. The van der Waals surface area contributed by atoms with Crippen molar-refractivity contribution >= 4 is 34.0 Å². The predicted molar refractivity (Wildman–Crippen MR) is 105 cm³/mol. The maximum Gasteiger partial charge on any atom is 0.264 e. The molecule has 0 saturated carbocycles. The number of nitrogens with zero attached hydrogens (tertiary/aromatic N) is 3. The molecule has 144 valence electrons. The van der Waals surface area contributed by atoms with Crippen LogP contribution in [0, 0.1) is 0 Å². The van der Waals surface area contributed by atoms with E-state index < -0.39 is 0 Å². The second-order valence-corrected chi connectivity index (χ2v) is 7.45. The molecule has 2 aromatic rings. The van der Waals surface area contributed by atoms with Gasteiger partial charge in [0.25, 0.3) is 5.91 Å². The number of rotatable bonds is 8. The van der Waals surface area contributed by atoms with E-state index in [1.807, 2.05) is 12.1 Å². The van der Waals surface area contributed by atoms with E-state index in [2.05, 4.69) is 29.4 Å². The average Bonchev–Trinajstić information content (AvgIpc) is 3.31. The quantitative estimate of drug-likeness (QED) is 0.747. The summed E-state index contributed by atoms with van der Waals surface area (Å²) in [6.45, 7) is 4.88. The van der Waals surface area contributed by atoms with Gasteiger partial charge in [-0.05, 0) is 43.5 Å². The van der Waals surface area contributed by atoms with Crippen LogP contribution in [-0.4, -0.2) is 35.2 Å². The van der Waals surface area contributed by atoms with Gasteiger partial charge < -0.3 is 9.64 Å². The largest absolute Gasteiger partial charge is 0.484 e. The van der Waals surface area contributed by atoms with E-state index in [-0.39, 0.29) is 18.4 Å². The Morgan fingerprint density at radius 3 is 2.63 bits per heavy atom. The van der Waals surface area contributed by atoms with Crippen molar-refractivity contribution in [3.63, 3.8) is 0 Å². The number of aromatic nitrogens is 2. The Morgan fingerprint density at radius 2 is 2.00 bits per heavy atom. The summed E-state index contributed by atoms with van der Waals surface area (Å²) in [7, 11) is 0. The standard InChI is InChI=1S/C19H24N4O3S/c1-3-13(4-2)18-21-22-19(27-18)20-16(24)12-26-15-9-7-14(8-10-15)23-11-5-6-17(23)25/h7-10,13H,3-6,11-12H2,1-2H3,(H,20,22,24). The number of hydrogen-bond donors (Lipinski definition) is 1. The third kappa shape index (κ3) is 4.82. The fraction of sp³-hybridized carbons (Fsp3) is 0.474. The van der Waals surface area contributed by atoms with Crippen molar-refractivity contribution in [2.45, 2.75) is 45.4 Å². The van der Waals surface area contributed by atoms with Crippen molar-refractivity contribution in [2.24, 2.45) is 0 Å². The lowest BCUT2D eigenvalue weighted by atomic mass is 10.1. The van der Waals surface area contributed by atoms with Crippen molar-refractivity contribution in [3.8, 4) is 5.75 Å². The number of benzene rings is 1. The van der Waals surface area contributed by atoms with Crippen LogP contribution in [0.1, 0.15) is 50.5 Å². The lowest BCUT2D eigenvalue weighted by Gasteiger charge is -2.16. The van der Waals surface area contributed by atoms with Crippen LogP contribution in [0.2, 0.25) is 0 Å². The lowest BCUT2D eigenvalue weighted by Crippen LogP contribution is -2.23. The highest BCUT2D eigenvalue weighted by Gasteiger charge is 2.21. The summed E-state index contributed by atoms with van der Waals surface area (Å²) in [4.78, 5) is 25.6. The summed E-state index contributed by atoms with van der Waals surface area (Å²) in [5, 5.41) is 12.4. The molecule has 27 heavy (non-hydrogen) atoms. The van der Waals surface area contributed by atoms with Crippen LogP contribution in [0.15, 0.2) is 24.3 Å². The predicted octanol–water partition coefficient (Wildman–Crippen LogP) is 3.59.